The van der Waals surface area contributed by atoms with Gasteiger partial charge in [-0.1, -0.05) is 6.07 Å². The van der Waals surface area contributed by atoms with Crippen LogP contribution in [-0.2, 0) is 6.54 Å². The number of carbonyl (C=O) groups excluding carboxylic acids is 2. The minimum absolute atomic E-state index is 0.0931. The number of rotatable bonds is 7. The fourth-order valence-electron chi connectivity index (χ4n) is 2.46. The van der Waals surface area contributed by atoms with Gasteiger partial charge in [-0.15, -0.1) is 0 Å². The molecule has 0 fully saturated rings. The number of pyridine rings is 1. The summed E-state index contributed by atoms with van der Waals surface area (Å²) in [5.74, 6) is 0.765. The molecular weight excluding hydrogens is 362 g/mol. The van der Waals surface area contributed by atoms with Gasteiger partial charge in [0.2, 0.25) is 0 Å². The highest BCUT2D eigenvalue weighted by atomic mass is 16.5. The summed E-state index contributed by atoms with van der Waals surface area (Å²) in [6.45, 7) is 0.227. The number of ether oxygens (including phenoxy) is 2. The topological polar surface area (TPSA) is 103 Å². The zero-order valence-corrected chi connectivity index (χ0v) is 15.4. The highest BCUT2D eigenvalue weighted by Crippen LogP contribution is 2.29. The first-order valence-electron chi connectivity index (χ1n) is 8.41. The van der Waals surface area contributed by atoms with Gasteiger partial charge >= 0.3 is 0 Å². The summed E-state index contributed by atoms with van der Waals surface area (Å²) >= 11 is 0. The van der Waals surface area contributed by atoms with Gasteiger partial charge in [-0.05, 0) is 36.4 Å². The average Bonchev–Trinajstić information content (AvgIpc) is 3.25. The Kier molecular flexibility index (Phi) is 5.91. The fraction of sp³-hybridized carbons (Fsp3) is 0.150. The van der Waals surface area contributed by atoms with Gasteiger partial charge in [0.15, 0.2) is 0 Å². The van der Waals surface area contributed by atoms with E-state index in [4.69, 9.17) is 13.9 Å². The largest absolute Gasteiger partial charge is 0.497 e. The lowest BCUT2D eigenvalue weighted by Gasteiger charge is -2.12. The molecule has 2 N–H and O–H groups in total. The van der Waals surface area contributed by atoms with Crippen molar-refractivity contribution in [3.8, 4) is 11.5 Å². The molecule has 1 aromatic carbocycles. The standard InChI is InChI=1S/C20H19N3O5/c1-26-13-8-9-18(27-2)17(11-13)23-20(25)16-7-3-6-15(22-16)19(24)21-12-14-5-4-10-28-14/h3-11H,12H2,1-2H3,(H,21,24)(H,23,25). The third-order valence-electron chi connectivity index (χ3n) is 3.87. The molecule has 0 spiro atoms. The van der Waals surface area contributed by atoms with Crippen LogP contribution in [0.2, 0.25) is 0 Å². The van der Waals surface area contributed by atoms with Crippen molar-refractivity contribution < 1.29 is 23.5 Å². The number of anilines is 1. The van der Waals surface area contributed by atoms with Crippen LogP contribution >= 0.6 is 0 Å². The van der Waals surface area contributed by atoms with Crippen molar-refractivity contribution in [3.05, 3.63) is 71.9 Å². The number of carbonyl (C=O) groups is 2. The number of hydrogen-bond donors (Lipinski definition) is 2. The molecule has 0 bridgehead atoms. The summed E-state index contributed by atoms with van der Waals surface area (Å²) in [4.78, 5) is 29.0. The number of hydrogen-bond acceptors (Lipinski definition) is 6. The number of furan rings is 1. The van der Waals surface area contributed by atoms with Crippen molar-refractivity contribution in [2.45, 2.75) is 6.54 Å². The van der Waals surface area contributed by atoms with E-state index in [1.807, 2.05) is 0 Å². The molecule has 0 saturated heterocycles. The van der Waals surface area contributed by atoms with Crippen LogP contribution in [0, 0.1) is 0 Å². The number of methoxy groups -OCH3 is 2. The minimum atomic E-state index is -0.479. The molecule has 0 atom stereocenters. The second kappa shape index (κ2) is 8.72. The number of nitrogens with one attached hydrogen (secondary N) is 2. The average molecular weight is 381 g/mol. The van der Waals surface area contributed by atoms with Crippen LogP contribution in [0.3, 0.4) is 0 Å². The van der Waals surface area contributed by atoms with Crippen molar-refractivity contribution in [1.29, 1.82) is 0 Å². The molecule has 3 rings (SSSR count). The number of benzene rings is 1. The SMILES string of the molecule is COc1ccc(OC)c(NC(=O)c2cccc(C(=O)NCc3ccco3)n2)c1. The Labute approximate surface area is 161 Å². The van der Waals surface area contributed by atoms with Crippen LogP contribution < -0.4 is 20.1 Å². The van der Waals surface area contributed by atoms with Crippen molar-refractivity contribution in [2.75, 3.05) is 19.5 Å². The smallest absolute Gasteiger partial charge is 0.274 e. The van der Waals surface area contributed by atoms with Crippen molar-refractivity contribution >= 4 is 17.5 Å². The molecule has 8 heteroatoms. The maximum atomic E-state index is 12.6. The molecule has 0 aliphatic heterocycles. The van der Waals surface area contributed by atoms with Gasteiger partial charge in [0.25, 0.3) is 11.8 Å². The van der Waals surface area contributed by atoms with Gasteiger partial charge in [0.05, 0.1) is 32.7 Å². The Balaban J connectivity index is 1.72. The van der Waals surface area contributed by atoms with Crippen LogP contribution in [0.25, 0.3) is 0 Å². The van der Waals surface area contributed by atoms with Crippen LogP contribution in [0.4, 0.5) is 5.69 Å². The van der Waals surface area contributed by atoms with E-state index >= 15 is 0 Å². The number of aromatic nitrogens is 1. The summed E-state index contributed by atoms with van der Waals surface area (Å²) in [6.07, 6.45) is 1.53. The quantitative estimate of drug-likeness (QED) is 0.652. The minimum Gasteiger partial charge on any atom is -0.497 e. The maximum absolute atomic E-state index is 12.6. The highest BCUT2D eigenvalue weighted by molar-refractivity contribution is 6.04. The Bertz CT molecular complexity index is 970. The first kappa shape index (κ1) is 19.0. The molecule has 2 amide bonds. The third kappa shape index (κ3) is 4.47. The van der Waals surface area contributed by atoms with E-state index in [1.165, 1.54) is 32.6 Å². The lowest BCUT2D eigenvalue weighted by molar-refractivity contribution is 0.0943. The summed E-state index contributed by atoms with van der Waals surface area (Å²) in [5, 5.41) is 5.41. The monoisotopic (exact) mass is 381 g/mol. The molecule has 0 aliphatic rings. The van der Waals surface area contributed by atoms with Gasteiger partial charge in [-0.3, -0.25) is 9.59 Å². The predicted molar refractivity (Wildman–Crippen MR) is 102 cm³/mol. The Hall–Kier alpha value is -3.81. The van der Waals surface area contributed by atoms with E-state index in [2.05, 4.69) is 15.6 Å². The van der Waals surface area contributed by atoms with Gasteiger partial charge in [-0.25, -0.2) is 4.98 Å². The van der Waals surface area contributed by atoms with Crippen molar-refractivity contribution in [1.82, 2.24) is 10.3 Å². The van der Waals surface area contributed by atoms with Crippen LogP contribution in [-0.4, -0.2) is 31.0 Å². The van der Waals surface area contributed by atoms with Crippen molar-refractivity contribution in [2.24, 2.45) is 0 Å². The second-order valence-electron chi connectivity index (χ2n) is 5.69. The molecule has 0 unspecified atom stereocenters. The molecule has 0 saturated carbocycles. The summed E-state index contributed by atoms with van der Waals surface area (Å²) in [5.41, 5.74) is 0.647. The Morgan fingerprint density at radius 2 is 1.79 bits per heavy atom. The predicted octanol–water partition coefficient (Wildman–Crippen LogP) is 2.87. The summed E-state index contributed by atoms with van der Waals surface area (Å²) in [7, 11) is 3.03. The van der Waals surface area contributed by atoms with E-state index < -0.39 is 11.8 Å². The Morgan fingerprint density at radius 3 is 2.46 bits per heavy atom. The molecule has 2 aromatic heterocycles. The molecule has 28 heavy (non-hydrogen) atoms. The normalized spacial score (nSPS) is 10.2. The Morgan fingerprint density at radius 1 is 1.00 bits per heavy atom. The van der Waals surface area contributed by atoms with E-state index in [1.54, 1.807) is 36.4 Å². The van der Waals surface area contributed by atoms with Crippen LogP contribution in [0.15, 0.2) is 59.2 Å². The highest BCUT2D eigenvalue weighted by Gasteiger charge is 2.15. The lowest BCUT2D eigenvalue weighted by atomic mass is 10.2. The van der Waals surface area contributed by atoms with Gasteiger partial charge in [0, 0.05) is 6.07 Å². The summed E-state index contributed by atoms with van der Waals surface area (Å²) in [6, 6.07) is 13.2. The van der Waals surface area contributed by atoms with Gasteiger partial charge < -0.3 is 24.5 Å². The summed E-state index contributed by atoms with van der Waals surface area (Å²) < 4.78 is 15.6. The van der Waals surface area contributed by atoms with E-state index in [0.29, 0.717) is 22.9 Å². The van der Waals surface area contributed by atoms with Crippen LogP contribution in [0.1, 0.15) is 26.7 Å². The molecule has 0 aliphatic carbocycles. The molecule has 2 heterocycles. The van der Waals surface area contributed by atoms with E-state index in [9.17, 15) is 9.59 Å². The van der Waals surface area contributed by atoms with Crippen molar-refractivity contribution in [3.63, 3.8) is 0 Å². The zero-order chi connectivity index (χ0) is 19.9. The van der Waals surface area contributed by atoms with Crippen LogP contribution in [0.5, 0.6) is 11.5 Å². The molecule has 144 valence electrons. The molecule has 3 aromatic rings. The number of nitrogens with zero attached hydrogens (tertiary/aromatic N) is 1. The first-order valence-corrected chi connectivity index (χ1v) is 8.41. The molecule has 8 nitrogen and oxygen atoms in total. The van der Waals surface area contributed by atoms with Gasteiger partial charge in [-0.2, -0.15) is 0 Å². The third-order valence-corrected chi connectivity index (χ3v) is 3.87. The number of amides is 2. The maximum Gasteiger partial charge on any atom is 0.274 e. The van der Waals surface area contributed by atoms with E-state index in [0.717, 1.165) is 0 Å². The molecular formula is C20H19N3O5. The second-order valence-corrected chi connectivity index (χ2v) is 5.69. The lowest BCUT2D eigenvalue weighted by Crippen LogP contribution is -2.25. The first-order chi connectivity index (χ1) is 13.6. The molecule has 0 radical (unpaired) electrons. The van der Waals surface area contributed by atoms with Gasteiger partial charge in [0.1, 0.15) is 28.6 Å². The van der Waals surface area contributed by atoms with E-state index in [-0.39, 0.29) is 17.9 Å². The zero-order valence-electron chi connectivity index (χ0n) is 15.4. The fourth-order valence-corrected chi connectivity index (χ4v) is 2.46.